The van der Waals surface area contributed by atoms with Gasteiger partial charge in [-0.1, -0.05) is 20.8 Å². The number of nitrogens with one attached hydrogen (secondary N) is 1. The van der Waals surface area contributed by atoms with Crippen LogP contribution in [0, 0.1) is 5.41 Å². The van der Waals surface area contributed by atoms with Gasteiger partial charge in [0.15, 0.2) is 0 Å². The average Bonchev–Trinajstić information content (AvgIpc) is 1.21. The molecule has 0 spiro atoms. The van der Waals surface area contributed by atoms with Crippen LogP contribution in [0.25, 0.3) is 0 Å². The monoisotopic (exact) mass is 114 g/mol. The minimum atomic E-state index is -0.475. The van der Waals surface area contributed by atoms with Crippen LogP contribution in [0.5, 0.6) is 0 Å². The lowest BCUT2D eigenvalue weighted by molar-refractivity contribution is -0.120. The van der Waals surface area contributed by atoms with Crippen molar-refractivity contribution in [1.29, 1.82) is 0 Å². The zero-order valence-corrected chi connectivity index (χ0v) is 5.62. The molecule has 0 aromatic rings. The molecule has 0 aliphatic rings. The summed E-state index contributed by atoms with van der Waals surface area (Å²) in [5.74, 6) is -0.475. The maximum absolute atomic E-state index is 10.1. The summed E-state index contributed by atoms with van der Waals surface area (Å²) in [6.07, 6.45) is 0.354. The van der Waals surface area contributed by atoms with Crippen LogP contribution in [0.1, 0.15) is 27.2 Å². The first-order valence-electron chi connectivity index (χ1n) is 2.66. The summed E-state index contributed by atoms with van der Waals surface area (Å²) in [6.45, 7) is 5.83. The van der Waals surface area contributed by atoms with E-state index in [1.807, 2.05) is 20.8 Å². The summed E-state index contributed by atoms with van der Waals surface area (Å²) in [5, 5.41) is 0. The van der Waals surface area contributed by atoms with Gasteiger partial charge in [0.05, 0.1) is 0 Å². The molecular formula is C6H12NO. The van der Waals surface area contributed by atoms with Crippen molar-refractivity contribution in [1.82, 2.24) is 5.73 Å². The number of amides is 1. The van der Waals surface area contributed by atoms with Gasteiger partial charge in [0.25, 0.3) is 0 Å². The van der Waals surface area contributed by atoms with Gasteiger partial charge in [0.2, 0.25) is 5.91 Å². The highest BCUT2D eigenvalue weighted by Gasteiger charge is 2.12. The van der Waals surface area contributed by atoms with E-state index in [0.717, 1.165) is 0 Å². The van der Waals surface area contributed by atoms with Gasteiger partial charge in [-0.05, 0) is 5.41 Å². The number of hydrogen-bond donors (Lipinski definition) is 0. The van der Waals surface area contributed by atoms with Gasteiger partial charge in [0, 0.05) is 6.42 Å². The van der Waals surface area contributed by atoms with Gasteiger partial charge in [-0.15, -0.1) is 0 Å². The Labute approximate surface area is 50.1 Å². The third-order valence-electron chi connectivity index (χ3n) is 0.691. The van der Waals surface area contributed by atoms with E-state index >= 15 is 0 Å². The predicted molar refractivity (Wildman–Crippen MR) is 32.2 cm³/mol. The molecule has 0 aliphatic heterocycles. The Balaban J connectivity index is 3.55. The topological polar surface area (TPSA) is 40.9 Å². The molecule has 2 heteroatoms. The van der Waals surface area contributed by atoms with Crippen LogP contribution < -0.4 is 5.73 Å². The van der Waals surface area contributed by atoms with E-state index in [1.54, 1.807) is 0 Å². The Morgan fingerprint density at radius 2 is 1.88 bits per heavy atom. The van der Waals surface area contributed by atoms with Gasteiger partial charge in [-0.2, -0.15) is 0 Å². The Bertz CT molecular complexity index is 91.2. The molecule has 1 radical (unpaired) electrons. The fraction of sp³-hybridized carbons (Fsp3) is 0.833. The van der Waals surface area contributed by atoms with Gasteiger partial charge in [0.1, 0.15) is 0 Å². The van der Waals surface area contributed by atoms with Gasteiger partial charge < -0.3 is 0 Å². The molecule has 0 rings (SSSR count). The maximum Gasteiger partial charge on any atom is 0.238 e. The number of carbonyl (C=O) groups is 1. The summed E-state index contributed by atoms with van der Waals surface area (Å²) >= 11 is 0. The summed E-state index contributed by atoms with van der Waals surface area (Å²) in [7, 11) is 0. The fourth-order valence-electron chi connectivity index (χ4n) is 0.482. The van der Waals surface area contributed by atoms with E-state index in [9.17, 15) is 4.79 Å². The molecule has 0 aromatic carbocycles. The van der Waals surface area contributed by atoms with E-state index < -0.39 is 5.91 Å². The molecule has 0 fully saturated rings. The van der Waals surface area contributed by atoms with Crippen LogP contribution >= 0.6 is 0 Å². The van der Waals surface area contributed by atoms with Gasteiger partial charge >= 0.3 is 0 Å². The highest BCUT2D eigenvalue weighted by molar-refractivity contribution is 5.73. The van der Waals surface area contributed by atoms with Crippen LogP contribution in [0.15, 0.2) is 0 Å². The lowest BCUT2D eigenvalue weighted by atomic mass is 9.92. The van der Waals surface area contributed by atoms with Crippen molar-refractivity contribution in [2.45, 2.75) is 27.2 Å². The molecule has 0 atom stereocenters. The molecule has 8 heavy (non-hydrogen) atoms. The smallest absolute Gasteiger partial charge is 0.238 e. The number of rotatable bonds is 1. The van der Waals surface area contributed by atoms with Crippen molar-refractivity contribution in [2.24, 2.45) is 5.41 Å². The lowest BCUT2D eigenvalue weighted by Crippen LogP contribution is -2.12. The molecule has 0 bridgehead atoms. The van der Waals surface area contributed by atoms with Crippen LogP contribution in [0.4, 0.5) is 0 Å². The Kier molecular flexibility index (Phi) is 2.02. The minimum absolute atomic E-state index is 0.0150. The first-order chi connectivity index (χ1) is 3.42. The second-order valence-electron chi connectivity index (χ2n) is 3.16. The molecule has 1 amide bonds. The van der Waals surface area contributed by atoms with E-state index in [0.29, 0.717) is 6.42 Å². The first kappa shape index (κ1) is 7.47. The average molecular weight is 114 g/mol. The third-order valence-corrected chi connectivity index (χ3v) is 0.691. The molecule has 0 saturated carbocycles. The summed E-state index contributed by atoms with van der Waals surface area (Å²) < 4.78 is 0. The Morgan fingerprint density at radius 3 is 1.88 bits per heavy atom. The molecule has 47 valence electrons. The van der Waals surface area contributed by atoms with Crippen LogP contribution in [-0.2, 0) is 4.79 Å². The molecule has 0 heterocycles. The highest BCUT2D eigenvalue weighted by Crippen LogP contribution is 2.17. The second-order valence-corrected chi connectivity index (χ2v) is 3.16. The molecule has 1 N–H and O–H groups in total. The van der Waals surface area contributed by atoms with Crippen molar-refractivity contribution < 1.29 is 4.79 Å². The van der Waals surface area contributed by atoms with Crippen LogP contribution in [0.3, 0.4) is 0 Å². The van der Waals surface area contributed by atoms with Crippen molar-refractivity contribution in [3.63, 3.8) is 0 Å². The zero-order chi connectivity index (χ0) is 6.78. The standard InChI is InChI=1S/C6H12NO/c1-6(2,3)4-5(7)8/h7H,4H2,1-3H3. The van der Waals surface area contributed by atoms with E-state index in [-0.39, 0.29) is 5.41 Å². The largest absolute Gasteiger partial charge is 0.273 e. The third kappa shape index (κ3) is 5.47. The van der Waals surface area contributed by atoms with Crippen molar-refractivity contribution in [3.05, 3.63) is 0 Å². The molecule has 0 aliphatic carbocycles. The highest BCUT2D eigenvalue weighted by atomic mass is 16.1. The van der Waals surface area contributed by atoms with Gasteiger partial charge in [-0.3, -0.25) is 10.5 Å². The second kappa shape index (κ2) is 2.16. The summed E-state index contributed by atoms with van der Waals surface area (Å²) in [5.41, 5.74) is 6.58. The van der Waals surface area contributed by atoms with Crippen LogP contribution in [-0.4, -0.2) is 5.91 Å². The number of hydrogen-bond acceptors (Lipinski definition) is 1. The summed E-state index contributed by atoms with van der Waals surface area (Å²) in [6, 6.07) is 0. The van der Waals surface area contributed by atoms with Crippen molar-refractivity contribution >= 4 is 5.91 Å². The van der Waals surface area contributed by atoms with Crippen LogP contribution in [0.2, 0.25) is 0 Å². The minimum Gasteiger partial charge on any atom is -0.273 e. The fourth-order valence-corrected chi connectivity index (χ4v) is 0.482. The molecule has 2 nitrogen and oxygen atoms in total. The van der Waals surface area contributed by atoms with Crippen molar-refractivity contribution in [2.75, 3.05) is 0 Å². The molecule has 0 saturated heterocycles. The molecule has 0 aromatic heterocycles. The zero-order valence-electron chi connectivity index (χ0n) is 5.62. The SMILES string of the molecule is CC(C)(C)CC([NH])=O. The Hall–Kier alpha value is -0.530. The number of carbonyl (C=O) groups excluding carboxylic acids is 1. The lowest BCUT2D eigenvalue weighted by Gasteiger charge is -2.13. The normalized spacial score (nSPS) is 11.4. The molecular weight excluding hydrogens is 102 g/mol. The van der Waals surface area contributed by atoms with Gasteiger partial charge in [-0.25, -0.2) is 0 Å². The van der Waals surface area contributed by atoms with E-state index in [1.165, 1.54) is 0 Å². The van der Waals surface area contributed by atoms with E-state index in [2.05, 4.69) is 0 Å². The summed E-state index contributed by atoms with van der Waals surface area (Å²) in [4.78, 5) is 10.1. The van der Waals surface area contributed by atoms with E-state index in [4.69, 9.17) is 5.73 Å². The maximum atomic E-state index is 10.1. The van der Waals surface area contributed by atoms with Crippen molar-refractivity contribution in [3.8, 4) is 0 Å². The molecule has 0 unspecified atom stereocenters. The Morgan fingerprint density at radius 1 is 1.50 bits per heavy atom. The first-order valence-corrected chi connectivity index (χ1v) is 2.66. The quantitative estimate of drug-likeness (QED) is 0.505. The predicted octanol–water partition coefficient (Wildman–Crippen LogP) is 1.23.